The van der Waals surface area contributed by atoms with Crippen LogP contribution in [0.25, 0.3) is 0 Å². The van der Waals surface area contributed by atoms with Crippen molar-refractivity contribution in [1.29, 1.82) is 0 Å². The van der Waals surface area contributed by atoms with Gasteiger partial charge in [0.15, 0.2) is 0 Å². The molecule has 0 aromatic heterocycles. The molecule has 2 unspecified atom stereocenters. The summed E-state index contributed by atoms with van der Waals surface area (Å²) in [6.45, 7) is 6.96. The smallest absolute Gasteiger partial charge is 0.0865 e. The van der Waals surface area contributed by atoms with E-state index in [2.05, 4.69) is 43.4 Å². The maximum Gasteiger partial charge on any atom is 0.0865 e. The Morgan fingerprint density at radius 1 is 1.30 bits per heavy atom. The Morgan fingerprint density at radius 3 is 2.70 bits per heavy atom. The van der Waals surface area contributed by atoms with Gasteiger partial charge in [-0.05, 0) is 24.0 Å². The molecule has 0 radical (unpaired) electrons. The van der Waals surface area contributed by atoms with Crippen LogP contribution in [0.1, 0.15) is 43.9 Å². The predicted molar refractivity (Wildman–Crippen MR) is 81.7 cm³/mol. The molecule has 112 valence electrons. The lowest BCUT2D eigenvalue weighted by Crippen LogP contribution is -2.35. The average Bonchev–Trinajstić information content (AvgIpc) is 2.47. The minimum absolute atomic E-state index is 0.228. The zero-order chi connectivity index (χ0) is 14.4. The second-order valence-corrected chi connectivity index (χ2v) is 5.93. The summed E-state index contributed by atoms with van der Waals surface area (Å²) in [6.07, 6.45) is 2.64. The standard InChI is InChI=1S/C17H27NO2/c1-13(2)18-11-16-5-4-10-20-17(16)15-8-6-14(7-9-15)12-19-3/h6-9,13,16-18H,4-5,10-12H2,1-3H3. The van der Waals surface area contributed by atoms with Crippen molar-refractivity contribution < 1.29 is 9.47 Å². The van der Waals surface area contributed by atoms with Crippen LogP contribution in [-0.4, -0.2) is 26.3 Å². The lowest BCUT2D eigenvalue weighted by Gasteiger charge is -2.33. The fraction of sp³-hybridized carbons (Fsp3) is 0.647. The molecule has 20 heavy (non-hydrogen) atoms. The second-order valence-electron chi connectivity index (χ2n) is 5.93. The van der Waals surface area contributed by atoms with E-state index in [0.717, 1.165) is 13.2 Å². The Morgan fingerprint density at radius 2 is 2.05 bits per heavy atom. The molecule has 1 aliphatic heterocycles. The normalized spacial score (nSPS) is 23.2. The SMILES string of the molecule is COCc1ccc(C2OCCCC2CNC(C)C)cc1. The van der Waals surface area contributed by atoms with Crippen molar-refractivity contribution in [3.63, 3.8) is 0 Å². The first-order valence-corrected chi connectivity index (χ1v) is 7.63. The van der Waals surface area contributed by atoms with Crippen molar-refractivity contribution in [2.45, 2.75) is 45.4 Å². The van der Waals surface area contributed by atoms with Crippen molar-refractivity contribution in [3.8, 4) is 0 Å². The predicted octanol–water partition coefficient (Wildman–Crippen LogP) is 3.30. The molecule has 0 aliphatic carbocycles. The number of hydrogen-bond donors (Lipinski definition) is 1. The van der Waals surface area contributed by atoms with E-state index in [1.165, 1.54) is 24.0 Å². The van der Waals surface area contributed by atoms with Crippen LogP contribution in [0.4, 0.5) is 0 Å². The van der Waals surface area contributed by atoms with Gasteiger partial charge in [-0.25, -0.2) is 0 Å². The summed E-state index contributed by atoms with van der Waals surface area (Å²) in [6, 6.07) is 9.19. The first kappa shape index (κ1) is 15.5. The Balaban J connectivity index is 2.02. The summed E-state index contributed by atoms with van der Waals surface area (Å²) in [5.74, 6) is 0.569. The Bertz CT molecular complexity index is 388. The molecule has 1 aromatic carbocycles. The minimum atomic E-state index is 0.228. The first-order valence-electron chi connectivity index (χ1n) is 7.63. The zero-order valence-corrected chi connectivity index (χ0v) is 12.9. The highest BCUT2D eigenvalue weighted by Crippen LogP contribution is 2.33. The molecule has 1 saturated heterocycles. The molecular weight excluding hydrogens is 250 g/mol. The molecule has 0 spiro atoms. The number of hydrogen-bond acceptors (Lipinski definition) is 3. The van der Waals surface area contributed by atoms with Gasteiger partial charge in [-0.2, -0.15) is 0 Å². The molecule has 1 N–H and O–H groups in total. The van der Waals surface area contributed by atoms with Crippen LogP contribution < -0.4 is 5.32 Å². The highest BCUT2D eigenvalue weighted by atomic mass is 16.5. The quantitative estimate of drug-likeness (QED) is 0.865. The highest BCUT2D eigenvalue weighted by Gasteiger charge is 2.27. The van der Waals surface area contributed by atoms with E-state index in [9.17, 15) is 0 Å². The lowest BCUT2D eigenvalue weighted by atomic mass is 9.89. The van der Waals surface area contributed by atoms with E-state index in [4.69, 9.17) is 9.47 Å². The van der Waals surface area contributed by atoms with Gasteiger partial charge in [-0.15, -0.1) is 0 Å². The maximum absolute atomic E-state index is 6.04. The summed E-state index contributed by atoms with van der Waals surface area (Å²) < 4.78 is 11.2. The van der Waals surface area contributed by atoms with Crippen LogP contribution in [0, 0.1) is 5.92 Å². The molecule has 0 bridgehead atoms. The summed E-state index contributed by atoms with van der Waals surface area (Å²) in [5.41, 5.74) is 2.50. The van der Waals surface area contributed by atoms with Gasteiger partial charge in [0.2, 0.25) is 0 Å². The maximum atomic E-state index is 6.04. The molecule has 0 amide bonds. The molecule has 2 atom stereocenters. The minimum Gasteiger partial charge on any atom is -0.380 e. The van der Waals surface area contributed by atoms with Crippen LogP contribution in [-0.2, 0) is 16.1 Å². The van der Waals surface area contributed by atoms with E-state index in [0.29, 0.717) is 18.6 Å². The fourth-order valence-electron chi connectivity index (χ4n) is 2.78. The number of rotatable bonds is 6. The number of benzene rings is 1. The molecule has 3 nitrogen and oxygen atoms in total. The van der Waals surface area contributed by atoms with Gasteiger partial charge in [-0.1, -0.05) is 38.1 Å². The van der Waals surface area contributed by atoms with Crippen molar-refractivity contribution in [3.05, 3.63) is 35.4 Å². The summed E-state index contributed by atoms with van der Waals surface area (Å²) in [5, 5.41) is 3.55. The zero-order valence-electron chi connectivity index (χ0n) is 12.9. The third-order valence-electron chi connectivity index (χ3n) is 3.85. The summed E-state index contributed by atoms with van der Waals surface area (Å²) in [4.78, 5) is 0. The molecule has 2 rings (SSSR count). The molecule has 3 heteroatoms. The van der Waals surface area contributed by atoms with Crippen LogP contribution in [0.15, 0.2) is 24.3 Å². The van der Waals surface area contributed by atoms with Gasteiger partial charge in [0.25, 0.3) is 0 Å². The molecular formula is C17H27NO2. The number of ether oxygens (including phenoxy) is 2. The van der Waals surface area contributed by atoms with Gasteiger partial charge in [0.1, 0.15) is 0 Å². The van der Waals surface area contributed by atoms with Crippen molar-refractivity contribution in [2.75, 3.05) is 20.3 Å². The summed E-state index contributed by atoms with van der Waals surface area (Å²) in [7, 11) is 1.73. The first-order chi connectivity index (χ1) is 9.70. The molecule has 1 aromatic rings. The van der Waals surface area contributed by atoms with Gasteiger partial charge in [-0.3, -0.25) is 0 Å². The second kappa shape index (κ2) is 7.77. The topological polar surface area (TPSA) is 30.5 Å². The third kappa shape index (κ3) is 4.30. The van der Waals surface area contributed by atoms with Gasteiger partial charge < -0.3 is 14.8 Å². The molecule has 1 aliphatic rings. The van der Waals surface area contributed by atoms with Crippen LogP contribution >= 0.6 is 0 Å². The summed E-state index contributed by atoms with van der Waals surface area (Å²) >= 11 is 0. The van der Waals surface area contributed by atoms with E-state index < -0.39 is 0 Å². The highest BCUT2D eigenvalue weighted by molar-refractivity contribution is 5.24. The largest absolute Gasteiger partial charge is 0.380 e. The third-order valence-corrected chi connectivity index (χ3v) is 3.85. The van der Waals surface area contributed by atoms with Gasteiger partial charge in [0.05, 0.1) is 12.7 Å². The average molecular weight is 277 g/mol. The van der Waals surface area contributed by atoms with E-state index >= 15 is 0 Å². The fourth-order valence-corrected chi connectivity index (χ4v) is 2.78. The van der Waals surface area contributed by atoms with Gasteiger partial charge in [0, 0.05) is 32.2 Å². The Labute approximate surface area is 122 Å². The molecule has 1 fully saturated rings. The van der Waals surface area contributed by atoms with E-state index in [-0.39, 0.29) is 6.10 Å². The van der Waals surface area contributed by atoms with E-state index in [1.54, 1.807) is 7.11 Å². The number of nitrogens with one attached hydrogen (secondary N) is 1. The number of methoxy groups -OCH3 is 1. The lowest BCUT2D eigenvalue weighted by molar-refractivity contribution is -0.0282. The van der Waals surface area contributed by atoms with Crippen LogP contribution in [0.3, 0.4) is 0 Å². The molecule has 1 heterocycles. The van der Waals surface area contributed by atoms with Crippen molar-refractivity contribution in [2.24, 2.45) is 5.92 Å². The van der Waals surface area contributed by atoms with Gasteiger partial charge >= 0.3 is 0 Å². The molecule has 0 saturated carbocycles. The monoisotopic (exact) mass is 277 g/mol. The Hall–Kier alpha value is -0.900. The van der Waals surface area contributed by atoms with E-state index in [1.807, 2.05) is 0 Å². The Kier molecular flexibility index (Phi) is 6.02. The van der Waals surface area contributed by atoms with Crippen molar-refractivity contribution >= 4 is 0 Å². The van der Waals surface area contributed by atoms with Crippen molar-refractivity contribution in [1.82, 2.24) is 5.32 Å². The van der Waals surface area contributed by atoms with Crippen LogP contribution in [0.5, 0.6) is 0 Å². The van der Waals surface area contributed by atoms with Crippen LogP contribution in [0.2, 0.25) is 0 Å².